The topological polar surface area (TPSA) is 76.7 Å². The summed E-state index contributed by atoms with van der Waals surface area (Å²) in [5, 5.41) is 8.95. The maximum Gasteiger partial charge on any atom is 0.219 e. The molecule has 7 nitrogen and oxygen atoms in total. The lowest BCUT2D eigenvalue weighted by Crippen LogP contribution is -2.48. The van der Waals surface area contributed by atoms with Crippen LogP contribution in [0.1, 0.15) is 25.7 Å². The quantitative estimate of drug-likeness (QED) is 0.526. The minimum atomic E-state index is -0.522. The minimum Gasteiger partial charge on any atom is -0.375 e. The van der Waals surface area contributed by atoms with E-state index in [2.05, 4.69) is 25.8 Å². The molecule has 1 amide bonds. The van der Waals surface area contributed by atoms with Crippen LogP contribution >= 0.6 is 0 Å². The third-order valence-electron chi connectivity index (χ3n) is 6.11. The van der Waals surface area contributed by atoms with Gasteiger partial charge in [0, 0.05) is 51.9 Å². The van der Waals surface area contributed by atoms with Gasteiger partial charge in [0.15, 0.2) is 0 Å². The second-order valence-electron chi connectivity index (χ2n) is 8.25. The third kappa shape index (κ3) is 6.40. The predicted octanol–water partition coefficient (Wildman–Crippen LogP) is 1.45. The number of halogens is 1. The largest absolute Gasteiger partial charge is 0.375 e. The molecule has 0 aliphatic carbocycles. The highest BCUT2D eigenvalue weighted by molar-refractivity contribution is 5.76. The molecule has 0 radical (unpaired) electrons. The number of carbonyl (C=O) groups excluding carboxylic acids is 2. The summed E-state index contributed by atoms with van der Waals surface area (Å²) in [7, 11) is 1.56. The Morgan fingerprint density at radius 2 is 2.00 bits per heavy atom. The summed E-state index contributed by atoms with van der Waals surface area (Å²) in [4.78, 5) is 27.2. The summed E-state index contributed by atoms with van der Waals surface area (Å²) < 4.78 is 14.8. The highest BCUT2D eigenvalue weighted by Gasteiger charge is 2.23. The number of hydrogen-bond donors (Lipinski definition) is 3. The van der Waals surface area contributed by atoms with Crippen molar-refractivity contribution in [3.05, 3.63) is 24.0 Å². The molecule has 1 unspecified atom stereocenters. The highest BCUT2D eigenvalue weighted by atomic mass is 19.1. The number of hydrogen-bond acceptors (Lipinski definition) is 6. The van der Waals surface area contributed by atoms with Crippen LogP contribution in [0.25, 0.3) is 0 Å². The van der Waals surface area contributed by atoms with Gasteiger partial charge in [0.05, 0.1) is 11.7 Å². The Bertz CT molecular complexity index is 703. The van der Waals surface area contributed by atoms with Gasteiger partial charge >= 0.3 is 0 Å². The molecule has 3 rings (SSSR count). The number of piperidine rings is 1. The molecule has 0 saturated carbocycles. The SMILES string of the molecule is CNC(=O)CCC(C=O)Nc1ccc(N2CCN(CC3CCNCC3)CC2)c(F)c1. The molecule has 0 bridgehead atoms. The van der Waals surface area contributed by atoms with Crippen molar-refractivity contribution >= 4 is 23.6 Å². The maximum absolute atomic E-state index is 14.8. The second kappa shape index (κ2) is 11.3. The van der Waals surface area contributed by atoms with E-state index < -0.39 is 6.04 Å². The molecule has 3 N–H and O–H groups in total. The molecule has 1 aromatic carbocycles. The van der Waals surface area contributed by atoms with Crippen molar-refractivity contribution in [1.29, 1.82) is 0 Å². The Kier molecular flexibility index (Phi) is 8.45. The van der Waals surface area contributed by atoms with Crippen molar-refractivity contribution in [3.8, 4) is 0 Å². The number of rotatable bonds is 9. The molecular weight excluding hydrogens is 385 g/mol. The minimum absolute atomic E-state index is 0.121. The molecule has 2 aliphatic heterocycles. The highest BCUT2D eigenvalue weighted by Crippen LogP contribution is 2.25. The van der Waals surface area contributed by atoms with Gasteiger partial charge in [-0.3, -0.25) is 9.69 Å². The maximum atomic E-state index is 14.8. The van der Waals surface area contributed by atoms with Crippen molar-refractivity contribution in [2.75, 3.05) is 63.1 Å². The lowest BCUT2D eigenvalue weighted by Gasteiger charge is -2.38. The van der Waals surface area contributed by atoms with Crippen molar-refractivity contribution in [2.45, 2.75) is 31.7 Å². The van der Waals surface area contributed by atoms with Gasteiger partial charge in [0.25, 0.3) is 0 Å². The molecule has 2 aliphatic rings. The molecule has 1 aromatic rings. The zero-order valence-electron chi connectivity index (χ0n) is 17.8. The van der Waals surface area contributed by atoms with Crippen molar-refractivity contribution in [1.82, 2.24) is 15.5 Å². The van der Waals surface area contributed by atoms with Gasteiger partial charge in [-0.15, -0.1) is 0 Å². The van der Waals surface area contributed by atoms with E-state index in [1.807, 2.05) is 0 Å². The van der Waals surface area contributed by atoms with Crippen LogP contribution < -0.4 is 20.9 Å². The number of nitrogens with zero attached hydrogens (tertiary/aromatic N) is 2. The summed E-state index contributed by atoms with van der Waals surface area (Å²) in [6.45, 7) is 6.92. The Morgan fingerprint density at radius 3 is 2.63 bits per heavy atom. The number of carbonyl (C=O) groups is 2. The number of anilines is 2. The Labute approximate surface area is 178 Å². The van der Waals surface area contributed by atoms with Crippen molar-refractivity contribution in [2.24, 2.45) is 5.92 Å². The lowest BCUT2D eigenvalue weighted by atomic mass is 9.97. The van der Waals surface area contributed by atoms with Gasteiger partial charge in [-0.2, -0.15) is 0 Å². The van der Waals surface area contributed by atoms with Gasteiger partial charge in [-0.1, -0.05) is 0 Å². The summed E-state index contributed by atoms with van der Waals surface area (Å²) in [5.41, 5.74) is 1.16. The first-order valence-corrected chi connectivity index (χ1v) is 11.0. The molecular formula is C22H34FN5O2. The van der Waals surface area contributed by atoms with Gasteiger partial charge < -0.3 is 25.6 Å². The number of piperazine rings is 1. The van der Waals surface area contributed by atoms with E-state index >= 15 is 0 Å². The van der Waals surface area contributed by atoms with Crippen LogP contribution in [-0.4, -0.2) is 76.0 Å². The molecule has 0 aromatic heterocycles. The number of amides is 1. The fourth-order valence-electron chi connectivity index (χ4n) is 4.25. The standard InChI is InChI=1S/C22H34FN5O2/c1-24-22(30)5-3-19(16-29)26-18-2-4-21(20(23)14-18)28-12-10-27(11-13-28)15-17-6-8-25-9-7-17/h2,4,14,16-17,19,25-26H,3,5-13,15H2,1H3,(H,24,30). The molecule has 30 heavy (non-hydrogen) atoms. The first kappa shape index (κ1) is 22.5. The Hall–Kier alpha value is -2.19. The normalized spacial score (nSPS) is 19.3. The van der Waals surface area contributed by atoms with Crippen molar-refractivity contribution in [3.63, 3.8) is 0 Å². The summed E-state index contributed by atoms with van der Waals surface area (Å²) in [5.74, 6) is 0.362. The smallest absolute Gasteiger partial charge is 0.219 e. The van der Waals surface area contributed by atoms with E-state index in [9.17, 15) is 14.0 Å². The summed E-state index contributed by atoms with van der Waals surface area (Å²) in [6.07, 6.45) is 3.86. The van der Waals surface area contributed by atoms with E-state index in [4.69, 9.17) is 0 Å². The van der Waals surface area contributed by atoms with Crippen LogP contribution in [0.3, 0.4) is 0 Å². The zero-order chi connectivity index (χ0) is 21.3. The van der Waals surface area contributed by atoms with Crippen LogP contribution in [0.4, 0.5) is 15.8 Å². The van der Waals surface area contributed by atoms with Crippen LogP contribution in [0.2, 0.25) is 0 Å². The first-order valence-electron chi connectivity index (χ1n) is 11.0. The van der Waals surface area contributed by atoms with Gasteiger partial charge in [0.2, 0.25) is 5.91 Å². The molecule has 1 atom stereocenters. The fourth-order valence-corrected chi connectivity index (χ4v) is 4.25. The van der Waals surface area contributed by atoms with Crippen LogP contribution in [0.15, 0.2) is 18.2 Å². The number of nitrogens with one attached hydrogen (secondary N) is 3. The summed E-state index contributed by atoms with van der Waals surface area (Å²) in [6, 6.07) is 4.50. The van der Waals surface area contributed by atoms with Gasteiger partial charge in [-0.25, -0.2) is 4.39 Å². The summed E-state index contributed by atoms with van der Waals surface area (Å²) >= 11 is 0. The molecule has 166 valence electrons. The average molecular weight is 420 g/mol. The third-order valence-corrected chi connectivity index (χ3v) is 6.11. The molecule has 2 fully saturated rings. The monoisotopic (exact) mass is 419 g/mol. The van der Waals surface area contributed by atoms with Crippen LogP contribution in [0, 0.1) is 11.7 Å². The predicted molar refractivity (Wildman–Crippen MR) is 117 cm³/mol. The van der Waals surface area contributed by atoms with E-state index in [1.54, 1.807) is 19.2 Å². The lowest BCUT2D eigenvalue weighted by molar-refractivity contribution is -0.120. The number of benzene rings is 1. The molecule has 0 spiro atoms. The van der Waals surface area contributed by atoms with E-state index in [-0.39, 0.29) is 18.1 Å². The van der Waals surface area contributed by atoms with Gasteiger partial charge in [0.1, 0.15) is 12.1 Å². The van der Waals surface area contributed by atoms with E-state index in [1.165, 1.54) is 18.9 Å². The first-order chi connectivity index (χ1) is 14.6. The number of aldehydes is 1. The second-order valence-corrected chi connectivity index (χ2v) is 8.25. The average Bonchev–Trinajstić information content (AvgIpc) is 2.78. The van der Waals surface area contributed by atoms with Crippen LogP contribution in [0.5, 0.6) is 0 Å². The Morgan fingerprint density at radius 1 is 1.27 bits per heavy atom. The zero-order valence-corrected chi connectivity index (χ0v) is 17.8. The van der Waals surface area contributed by atoms with Crippen molar-refractivity contribution < 1.29 is 14.0 Å². The molecule has 2 heterocycles. The van der Waals surface area contributed by atoms with E-state index in [0.29, 0.717) is 17.8 Å². The molecule has 2 saturated heterocycles. The fraction of sp³-hybridized carbons (Fsp3) is 0.636. The Balaban J connectivity index is 1.50. The van der Waals surface area contributed by atoms with E-state index in [0.717, 1.165) is 58.0 Å². The van der Waals surface area contributed by atoms with Gasteiger partial charge in [-0.05, 0) is 56.5 Å². The van der Waals surface area contributed by atoms with Crippen LogP contribution in [-0.2, 0) is 9.59 Å². The molecule has 8 heteroatoms.